The summed E-state index contributed by atoms with van der Waals surface area (Å²) in [6.07, 6.45) is 5.10. The molecule has 7 nitrogen and oxygen atoms in total. The number of hydrogen-bond acceptors (Lipinski definition) is 5. The minimum absolute atomic E-state index is 0.154. The summed E-state index contributed by atoms with van der Waals surface area (Å²) in [4.78, 5) is 22.2. The van der Waals surface area contributed by atoms with E-state index in [-0.39, 0.29) is 5.56 Å². The van der Waals surface area contributed by atoms with Crippen LogP contribution < -0.4 is 10.2 Å². The lowest BCUT2D eigenvalue weighted by Crippen LogP contribution is -2.08. The van der Waals surface area contributed by atoms with Gasteiger partial charge in [0.1, 0.15) is 11.4 Å². The van der Waals surface area contributed by atoms with Crippen molar-refractivity contribution in [1.29, 1.82) is 0 Å². The molecule has 4 rings (SSSR count). The largest absolute Gasteiger partial charge is 0.478 e. The molecular formula is C19H17N5O2. The third kappa shape index (κ3) is 2.59. The monoisotopic (exact) mass is 347 g/mol. The van der Waals surface area contributed by atoms with Gasteiger partial charge in [0.2, 0.25) is 0 Å². The molecule has 0 atom stereocenters. The van der Waals surface area contributed by atoms with Crippen LogP contribution in [0.2, 0.25) is 0 Å². The first kappa shape index (κ1) is 15.9. The fourth-order valence-corrected chi connectivity index (χ4v) is 2.92. The summed E-state index contributed by atoms with van der Waals surface area (Å²) in [5.41, 5.74) is 3.28. The van der Waals surface area contributed by atoms with E-state index in [4.69, 9.17) is 0 Å². The Morgan fingerprint density at radius 1 is 1.15 bits per heavy atom. The molecule has 0 saturated heterocycles. The third-order valence-electron chi connectivity index (χ3n) is 4.27. The van der Waals surface area contributed by atoms with Crippen LogP contribution in [0.1, 0.15) is 10.4 Å². The summed E-state index contributed by atoms with van der Waals surface area (Å²) < 4.78 is 1.74. The first-order valence-electron chi connectivity index (χ1n) is 8.07. The van der Waals surface area contributed by atoms with E-state index in [1.807, 2.05) is 49.3 Å². The van der Waals surface area contributed by atoms with Gasteiger partial charge in [-0.15, -0.1) is 0 Å². The fraction of sp³-hybridized carbons (Fsp3) is 0.105. The molecule has 0 saturated carbocycles. The number of nitrogens with one attached hydrogen (secondary N) is 1. The van der Waals surface area contributed by atoms with Gasteiger partial charge in [0.25, 0.3) is 0 Å². The number of benzene rings is 1. The summed E-state index contributed by atoms with van der Waals surface area (Å²) in [5.74, 6) is -0.418. The smallest absolute Gasteiger partial charge is 0.339 e. The van der Waals surface area contributed by atoms with Crippen molar-refractivity contribution in [3.05, 3.63) is 60.6 Å². The van der Waals surface area contributed by atoms with E-state index < -0.39 is 5.97 Å². The lowest BCUT2D eigenvalue weighted by molar-refractivity contribution is 0.0699. The number of aromatic carboxylic acids is 1. The highest BCUT2D eigenvalue weighted by molar-refractivity contribution is 5.99. The third-order valence-corrected chi connectivity index (χ3v) is 4.27. The average molecular weight is 347 g/mol. The fourth-order valence-electron chi connectivity index (χ4n) is 2.92. The second-order valence-electron chi connectivity index (χ2n) is 6.15. The number of carboxylic acids is 1. The SMILES string of the molecule is CN(C)c1ccc(Nc2nc3c(C(=O)O)ccn3c3cnccc23)cc1. The standard InChI is InChI=1S/C19H17N5O2/c1-23(2)13-5-3-12(4-6-13)21-17-14-7-9-20-11-16(14)24-10-8-15(19(25)26)18(24)22-17/h3-11H,1-2H3,(H,21,22)(H,25,26). The number of anilines is 3. The number of hydrogen-bond donors (Lipinski definition) is 2. The Morgan fingerprint density at radius 2 is 1.92 bits per heavy atom. The molecule has 0 amide bonds. The van der Waals surface area contributed by atoms with E-state index in [0.29, 0.717) is 11.5 Å². The second kappa shape index (κ2) is 6.03. The van der Waals surface area contributed by atoms with Gasteiger partial charge in [0, 0.05) is 43.3 Å². The molecule has 0 aliphatic rings. The molecule has 2 N–H and O–H groups in total. The molecule has 1 aromatic carbocycles. The summed E-state index contributed by atoms with van der Waals surface area (Å²) in [6, 6.07) is 11.3. The van der Waals surface area contributed by atoms with Crippen LogP contribution in [0.15, 0.2) is 55.0 Å². The van der Waals surface area contributed by atoms with Crippen LogP contribution in [0.25, 0.3) is 16.6 Å². The molecule has 0 fully saturated rings. The highest BCUT2D eigenvalue weighted by Gasteiger charge is 2.16. The lowest BCUT2D eigenvalue weighted by atomic mass is 10.2. The zero-order valence-electron chi connectivity index (χ0n) is 14.3. The summed E-state index contributed by atoms with van der Waals surface area (Å²) in [5, 5.41) is 13.6. The Hall–Kier alpha value is -3.61. The van der Waals surface area contributed by atoms with E-state index in [0.717, 1.165) is 22.3 Å². The number of nitrogens with zero attached hydrogens (tertiary/aromatic N) is 4. The van der Waals surface area contributed by atoms with Gasteiger partial charge in [-0.3, -0.25) is 9.38 Å². The van der Waals surface area contributed by atoms with E-state index in [1.54, 1.807) is 29.1 Å². The Labute approximate surface area is 149 Å². The van der Waals surface area contributed by atoms with Crippen molar-refractivity contribution in [2.24, 2.45) is 0 Å². The molecule has 3 aromatic heterocycles. The minimum atomic E-state index is -1.01. The van der Waals surface area contributed by atoms with Gasteiger partial charge in [-0.2, -0.15) is 0 Å². The summed E-state index contributed by atoms with van der Waals surface area (Å²) in [6.45, 7) is 0. The molecule has 0 unspecified atom stereocenters. The molecule has 0 aliphatic carbocycles. The predicted molar refractivity (Wildman–Crippen MR) is 102 cm³/mol. The summed E-state index contributed by atoms with van der Waals surface area (Å²) in [7, 11) is 3.97. The Morgan fingerprint density at radius 3 is 2.62 bits per heavy atom. The van der Waals surface area contributed by atoms with Crippen LogP contribution in [0.3, 0.4) is 0 Å². The van der Waals surface area contributed by atoms with Gasteiger partial charge in [0.05, 0.1) is 11.7 Å². The topological polar surface area (TPSA) is 82.8 Å². The molecule has 0 radical (unpaired) electrons. The number of carboxylic acid groups (broad SMARTS) is 1. The van der Waals surface area contributed by atoms with Crippen molar-refractivity contribution >= 4 is 39.7 Å². The van der Waals surface area contributed by atoms with Gasteiger partial charge >= 0.3 is 5.97 Å². The van der Waals surface area contributed by atoms with Crippen LogP contribution in [0.4, 0.5) is 17.2 Å². The van der Waals surface area contributed by atoms with Crippen molar-refractivity contribution in [2.45, 2.75) is 0 Å². The van der Waals surface area contributed by atoms with Crippen molar-refractivity contribution in [1.82, 2.24) is 14.4 Å². The second-order valence-corrected chi connectivity index (χ2v) is 6.15. The molecule has 4 aromatic rings. The first-order chi connectivity index (χ1) is 12.5. The lowest BCUT2D eigenvalue weighted by Gasteiger charge is -2.14. The Kier molecular flexibility index (Phi) is 3.69. The van der Waals surface area contributed by atoms with Crippen molar-refractivity contribution in [2.75, 3.05) is 24.3 Å². The maximum Gasteiger partial charge on any atom is 0.339 e. The van der Waals surface area contributed by atoms with Crippen LogP contribution >= 0.6 is 0 Å². The van der Waals surface area contributed by atoms with Crippen LogP contribution in [0.5, 0.6) is 0 Å². The van der Waals surface area contributed by atoms with Crippen molar-refractivity contribution < 1.29 is 9.90 Å². The maximum atomic E-state index is 11.5. The number of fused-ring (bicyclic) bond motifs is 3. The van der Waals surface area contributed by atoms with Crippen molar-refractivity contribution in [3.8, 4) is 0 Å². The predicted octanol–water partition coefficient (Wildman–Crippen LogP) is 3.39. The molecular weight excluding hydrogens is 330 g/mol. The number of carbonyl (C=O) groups is 1. The Bertz CT molecular complexity index is 1120. The summed E-state index contributed by atoms with van der Waals surface area (Å²) >= 11 is 0. The molecule has 130 valence electrons. The molecule has 0 aliphatic heterocycles. The van der Waals surface area contributed by atoms with E-state index in [1.165, 1.54) is 0 Å². The molecule has 3 heterocycles. The maximum absolute atomic E-state index is 11.5. The number of pyridine rings is 1. The van der Waals surface area contributed by atoms with Gasteiger partial charge < -0.3 is 15.3 Å². The zero-order valence-corrected chi connectivity index (χ0v) is 14.3. The Balaban J connectivity index is 1.87. The highest BCUT2D eigenvalue weighted by Crippen LogP contribution is 2.28. The quantitative estimate of drug-likeness (QED) is 0.589. The minimum Gasteiger partial charge on any atom is -0.478 e. The molecule has 26 heavy (non-hydrogen) atoms. The normalized spacial score (nSPS) is 11.0. The molecule has 0 bridgehead atoms. The zero-order chi connectivity index (χ0) is 18.3. The van der Waals surface area contributed by atoms with Gasteiger partial charge in [0.15, 0.2) is 5.65 Å². The van der Waals surface area contributed by atoms with Gasteiger partial charge in [-0.05, 0) is 36.4 Å². The molecule has 7 heteroatoms. The van der Waals surface area contributed by atoms with Crippen LogP contribution in [-0.4, -0.2) is 39.5 Å². The van der Waals surface area contributed by atoms with Gasteiger partial charge in [-0.25, -0.2) is 9.78 Å². The van der Waals surface area contributed by atoms with Crippen molar-refractivity contribution in [3.63, 3.8) is 0 Å². The van der Waals surface area contributed by atoms with E-state index in [2.05, 4.69) is 15.3 Å². The van der Waals surface area contributed by atoms with E-state index in [9.17, 15) is 9.90 Å². The highest BCUT2D eigenvalue weighted by atomic mass is 16.4. The molecule has 0 spiro atoms. The van der Waals surface area contributed by atoms with Crippen LogP contribution in [-0.2, 0) is 0 Å². The number of aromatic nitrogens is 3. The first-order valence-corrected chi connectivity index (χ1v) is 8.07. The van der Waals surface area contributed by atoms with E-state index >= 15 is 0 Å². The average Bonchev–Trinajstić information content (AvgIpc) is 3.06. The number of rotatable bonds is 4. The van der Waals surface area contributed by atoms with Crippen LogP contribution in [0, 0.1) is 0 Å². The van der Waals surface area contributed by atoms with Gasteiger partial charge in [-0.1, -0.05) is 0 Å².